The highest BCUT2D eigenvalue weighted by Gasteiger charge is 2.25. The van der Waals surface area contributed by atoms with Gasteiger partial charge in [-0.3, -0.25) is 4.79 Å². The molecule has 3 nitrogen and oxygen atoms in total. The maximum Gasteiger partial charge on any atom is 0.159 e. The van der Waals surface area contributed by atoms with Crippen molar-refractivity contribution in [1.82, 2.24) is 5.32 Å². The fraction of sp³-hybridized carbons (Fsp3) is 0.435. The first-order valence-electron chi connectivity index (χ1n) is 9.45. The Morgan fingerprint density at radius 1 is 1.19 bits per heavy atom. The number of dihydropyridines is 1. The van der Waals surface area contributed by atoms with Crippen LogP contribution in [0.25, 0.3) is 5.57 Å². The molecule has 1 aliphatic rings. The van der Waals surface area contributed by atoms with Crippen molar-refractivity contribution >= 4 is 11.4 Å². The fourth-order valence-corrected chi connectivity index (χ4v) is 3.32. The van der Waals surface area contributed by atoms with Gasteiger partial charge in [0.1, 0.15) is 0 Å². The summed E-state index contributed by atoms with van der Waals surface area (Å²) in [6.45, 7) is 10.3. The zero-order valence-electron chi connectivity index (χ0n) is 16.9. The molecular weight excluding hydrogens is 322 g/mol. The van der Waals surface area contributed by atoms with Crippen molar-refractivity contribution in [3.63, 3.8) is 0 Å². The summed E-state index contributed by atoms with van der Waals surface area (Å²) in [5, 5.41) is 3.37. The topological polar surface area (TPSA) is 38.3 Å². The Bertz CT molecular complexity index is 768. The zero-order chi connectivity index (χ0) is 19.3. The van der Waals surface area contributed by atoms with Crippen LogP contribution in [-0.4, -0.2) is 19.1 Å². The normalized spacial score (nSPS) is 17.8. The van der Waals surface area contributed by atoms with Gasteiger partial charge in [-0.15, -0.1) is 0 Å². The average molecular weight is 354 g/mol. The molecule has 0 spiro atoms. The van der Waals surface area contributed by atoms with Crippen LogP contribution in [0.1, 0.15) is 57.2 Å². The van der Waals surface area contributed by atoms with Gasteiger partial charge in [0, 0.05) is 30.4 Å². The molecule has 0 fully saturated rings. The van der Waals surface area contributed by atoms with E-state index in [1.54, 1.807) is 7.11 Å². The van der Waals surface area contributed by atoms with Crippen LogP contribution in [0.2, 0.25) is 0 Å². The summed E-state index contributed by atoms with van der Waals surface area (Å²) in [5.74, 6) is 0.200. The first-order valence-corrected chi connectivity index (χ1v) is 9.45. The molecule has 1 heterocycles. The van der Waals surface area contributed by atoms with Crippen LogP contribution in [-0.2, 0) is 16.0 Å². The number of ether oxygens (including phenoxy) is 1. The highest BCUT2D eigenvalue weighted by atomic mass is 16.5. The molecule has 0 saturated heterocycles. The van der Waals surface area contributed by atoms with Gasteiger partial charge in [-0.05, 0) is 62.0 Å². The molecule has 2 rings (SSSR count). The lowest BCUT2D eigenvalue weighted by atomic mass is 9.85. The number of benzene rings is 1. The molecule has 0 aliphatic carbocycles. The van der Waals surface area contributed by atoms with E-state index in [1.807, 2.05) is 26.8 Å². The summed E-state index contributed by atoms with van der Waals surface area (Å²) in [7, 11) is 1.69. The molecule has 0 amide bonds. The molecule has 1 atom stereocenters. The zero-order valence-corrected chi connectivity index (χ0v) is 16.9. The predicted molar refractivity (Wildman–Crippen MR) is 109 cm³/mol. The van der Waals surface area contributed by atoms with Gasteiger partial charge < -0.3 is 10.1 Å². The van der Waals surface area contributed by atoms with E-state index in [-0.39, 0.29) is 12.0 Å². The van der Waals surface area contributed by atoms with Gasteiger partial charge >= 0.3 is 0 Å². The van der Waals surface area contributed by atoms with E-state index in [4.69, 9.17) is 4.74 Å². The number of carbonyl (C=O) groups is 1. The van der Waals surface area contributed by atoms with Crippen molar-refractivity contribution in [1.29, 1.82) is 0 Å². The van der Waals surface area contributed by atoms with Gasteiger partial charge in [-0.1, -0.05) is 38.1 Å². The summed E-state index contributed by atoms with van der Waals surface area (Å²) < 4.78 is 5.70. The SMILES string of the molecule is CCCC(=O)/C(C)=C(\C1=CC=C(C)NC1OC)c1cc(CC)ccc1C. The number of hydrogen-bond donors (Lipinski definition) is 1. The average Bonchev–Trinajstić information content (AvgIpc) is 2.64. The van der Waals surface area contributed by atoms with Crippen molar-refractivity contribution in [2.45, 2.75) is 60.1 Å². The monoisotopic (exact) mass is 353 g/mol. The Hall–Kier alpha value is -2.13. The summed E-state index contributed by atoms with van der Waals surface area (Å²) >= 11 is 0. The third-order valence-corrected chi connectivity index (χ3v) is 4.93. The first-order chi connectivity index (χ1) is 12.4. The van der Waals surface area contributed by atoms with Crippen LogP contribution in [0.4, 0.5) is 0 Å². The Morgan fingerprint density at radius 2 is 1.92 bits per heavy atom. The van der Waals surface area contributed by atoms with Gasteiger partial charge in [-0.2, -0.15) is 0 Å². The number of nitrogens with one attached hydrogen (secondary N) is 1. The number of allylic oxidation sites excluding steroid dienone is 4. The molecule has 3 heteroatoms. The lowest BCUT2D eigenvalue weighted by Crippen LogP contribution is -2.34. The van der Waals surface area contributed by atoms with Crippen LogP contribution >= 0.6 is 0 Å². The van der Waals surface area contributed by atoms with E-state index >= 15 is 0 Å². The standard InChI is InChI=1S/C23H31NO2/c1-7-9-21(25)17(5)22(19-13-11-16(4)24-23(19)26-6)20-14-18(8-2)12-10-15(20)3/h10-14,23-24H,7-9H2,1-6H3/b22-17+. The molecule has 0 bridgehead atoms. The first kappa shape index (κ1) is 20.2. The van der Waals surface area contributed by atoms with Crippen LogP contribution in [0.3, 0.4) is 0 Å². The van der Waals surface area contributed by atoms with Crippen molar-refractivity contribution in [3.8, 4) is 0 Å². The fourth-order valence-electron chi connectivity index (χ4n) is 3.32. The second-order valence-electron chi connectivity index (χ2n) is 6.91. The lowest BCUT2D eigenvalue weighted by molar-refractivity contribution is -0.115. The maximum absolute atomic E-state index is 12.8. The molecule has 0 radical (unpaired) electrons. The summed E-state index contributed by atoms with van der Waals surface area (Å²) in [4.78, 5) is 12.8. The van der Waals surface area contributed by atoms with Crippen molar-refractivity contribution in [2.24, 2.45) is 0 Å². The maximum atomic E-state index is 12.8. The second kappa shape index (κ2) is 9.00. The largest absolute Gasteiger partial charge is 0.360 e. The van der Waals surface area contributed by atoms with Crippen molar-refractivity contribution in [2.75, 3.05) is 7.11 Å². The van der Waals surface area contributed by atoms with E-state index in [1.165, 1.54) is 11.1 Å². The molecule has 1 N–H and O–H groups in total. The van der Waals surface area contributed by atoms with Crippen LogP contribution in [0.15, 0.2) is 47.2 Å². The smallest absolute Gasteiger partial charge is 0.159 e. The van der Waals surface area contributed by atoms with Crippen LogP contribution in [0, 0.1) is 6.92 Å². The van der Waals surface area contributed by atoms with Gasteiger partial charge in [-0.25, -0.2) is 0 Å². The van der Waals surface area contributed by atoms with Crippen molar-refractivity contribution in [3.05, 3.63) is 63.9 Å². The number of Topliss-reactive ketones (excluding diaryl/α,β-unsaturated/α-hetero) is 1. The van der Waals surface area contributed by atoms with Gasteiger partial charge in [0.05, 0.1) is 0 Å². The number of carbonyl (C=O) groups excluding carboxylic acids is 1. The van der Waals surface area contributed by atoms with Gasteiger partial charge in [0.2, 0.25) is 0 Å². The summed E-state index contributed by atoms with van der Waals surface area (Å²) in [5.41, 5.74) is 7.43. The molecule has 1 aromatic rings. The molecule has 1 unspecified atom stereocenters. The van der Waals surface area contributed by atoms with Gasteiger partial charge in [0.15, 0.2) is 12.0 Å². The number of hydrogen-bond acceptors (Lipinski definition) is 3. The number of ketones is 1. The second-order valence-corrected chi connectivity index (χ2v) is 6.91. The van der Waals surface area contributed by atoms with E-state index in [2.05, 4.69) is 43.4 Å². The lowest BCUT2D eigenvalue weighted by Gasteiger charge is -2.28. The minimum absolute atomic E-state index is 0.200. The van der Waals surface area contributed by atoms with E-state index in [0.717, 1.165) is 40.8 Å². The molecular formula is C23H31NO2. The van der Waals surface area contributed by atoms with E-state index in [9.17, 15) is 4.79 Å². The Balaban J connectivity index is 2.72. The number of methoxy groups -OCH3 is 1. The minimum Gasteiger partial charge on any atom is -0.360 e. The Labute approximate surface area is 157 Å². The number of rotatable bonds is 7. The molecule has 26 heavy (non-hydrogen) atoms. The summed E-state index contributed by atoms with van der Waals surface area (Å²) in [6.07, 6.45) is 6.24. The molecule has 0 saturated carbocycles. The molecule has 0 aromatic heterocycles. The quantitative estimate of drug-likeness (QED) is 0.693. The molecule has 1 aromatic carbocycles. The Kier molecular flexibility index (Phi) is 6.98. The highest BCUT2D eigenvalue weighted by Crippen LogP contribution is 2.34. The van der Waals surface area contributed by atoms with Crippen LogP contribution in [0.5, 0.6) is 0 Å². The predicted octanol–water partition coefficient (Wildman–Crippen LogP) is 5.11. The molecule has 1 aliphatic heterocycles. The minimum atomic E-state index is -0.260. The van der Waals surface area contributed by atoms with Gasteiger partial charge in [0.25, 0.3) is 0 Å². The summed E-state index contributed by atoms with van der Waals surface area (Å²) in [6, 6.07) is 6.52. The van der Waals surface area contributed by atoms with E-state index < -0.39 is 0 Å². The number of aryl methyl sites for hydroxylation is 2. The van der Waals surface area contributed by atoms with Crippen LogP contribution < -0.4 is 5.32 Å². The Morgan fingerprint density at radius 3 is 2.54 bits per heavy atom. The van der Waals surface area contributed by atoms with E-state index in [0.29, 0.717) is 6.42 Å². The third-order valence-electron chi connectivity index (χ3n) is 4.93. The van der Waals surface area contributed by atoms with Crippen molar-refractivity contribution < 1.29 is 9.53 Å². The third kappa shape index (κ3) is 4.34. The highest BCUT2D eigenvalue weighted by molar-refractivity contribution is 6.05. The molecule has 140 valence electrons.